The summed E-state index contributed by atoms with van der Waals surface area (Å²) in [5.41, 5.74) is 0. The number of nitrogens with zero attached hydrogens (tertiary/aromatic N) is 1. The molecule has 0 aromatic rings. The summed E-state index contributed by atoms with van der Waals surface area (Å²) in [4.78, 5) is 0. The molecule has 0 aliphatic rings. The zero-order valence-electron chi connectivity index (χ0n) is 14.8. The first-order valence-corrected chi connectivity index (χ1v) is 8.39. The van der Waals surface area contributed by atoms with E-state index in [0.717, 1.165) is 4.48 Å². The molecule has 0 aliphatic carbocycles. The molecule has 0 saturated carbocycles. The molecule has 0 heterocycles. The Bertz CT molecular complexity index is 158. The molecule has 0 saturated heterocycles. The van der Waals surface area contributed by atoms with E-state index in [2.05, 4.69) is 28.1 Å². The molecule has 0 atom stereocenters. The lowest BCUT2D eigenvalue weighted by atomic mass is 10.1. The number of unbranched alkanes of at least 4 members (excludes halogenated alkanes) is 9. The van der Waals surface area contributed by atoms with Crippen LogP contribution in [0.3, 0.4) is 0 Å². The van der Waals surface area contributed by atoms with Gasteiger partial charge in [0.2, 0.25) is 0 Å². The fourth-order valence-corrected chi connectivity index (χ4v) is 2.07. The maximum Gasteiger partial charge on any atom is 0.0780 e. The summed E-state index contributed by atoms with van der Waals surface area (Å²) in [7, 11) is 6.86. The van der Waals surface area contributed by atoms with E-state index in [1.807, 2.05) is 0 Å². The summed E-state index contributed by atoms with van der Waals surface area (Å²) < 4.78 is 1.12. The van der Waals surface area contributed by atoms with Crippen molar-refractivity contribution in [1.29, 1.82) is 0 Å². The molecule has 0 bridgehead atoms. The van der Waals surface area contributed by atoms with Gasteiger partial charge in [0.1, 0.15) is 0 Å². The zero-order valence-corrected chi connectivity index (χ0v) is 15.5. The molecule has 0 aromatic carbocycles. The van der Waals surface area contributed by atoms with Crippen molar-refractivity contribution in [2.45, 2.75) is 78.1 Å². The van der Waals surface area contributed by atoms with E-state index >= 15 is 0 Å². The highest BCUT2D eigenvalue weighted by molar-refractivity contribution is 4.47. The van der Waals surface area contributed by atoms with E-state index in [1.54, 1.807) is 6.92 Å². The third-order valence-corrected chi connectivity index (χ3v) is 3.18. The van der Waals surface area contributed by atoms with Crippen LogP contribution in [0.1, 0.15) is 78.1 Å². The predicted molar refractivity (Wildman–Crippen MR) is 87.5 cm³/mol. The van der Waals surface area contributed by atoms with Crippen molar-refractivity contribution in [3.63, 3.8) is 0 Å². The summed E-state index contributed by atoms with van der Waals surface area (Å²) in [6.07, 6.45) is 14.4. The SMILES string of the molecule is CCCCCCCCCCCC[N+](C)(C)C.CCO.[Cl-]. The molecular weight excluding hydrogens is 270 g/mol. The van der Waals surface area contributed by atoms with Gasteiger partial charge in [0.15, 0.2) is 0 Å². The lowest BCUT2D eigenvalue weighted by Crippen LogP contribution is -3.00. The summed E-state index contributed by atoms with van der Waals surface area (Å²) in [6, 6.07) is 0. The smallest absolute Gasteiger partial charge is 0.0780 e. The Morgan fingerprint density at radius 3 is 1.25 bits per heavy atom. The van der Waals surface area contributed by atoms with Crippen LogP contribution >= 0.6 is 0 Å². The quantitative estimate of drug-likeness (QED) is 0.454. The molecule has 0 spiro atoms. The molecular formula is C17H40ClNO. The monoisotopic (exact) mass is 309 g/mol. The molecule has 20 heavy (non-hydrogen) atoms. The van der Waals surface area contributed by atoms with Crippen LogP contribution in [0.25, 0.3) is 0 Å². The number of halogens is 1. The number of rotatable bonds is 11. The van der Waals surface area contributed by atoms with Gasteiger partial charge in [-0.05, 0) is 19.8 Å². The summed E-state index contributed by atoms with van der Waals surface area (Å²) in [5, 5.41) is 7.57. The van der Waals surface area contributed by atoms with Gasteiger partial charge in [0.05, 0.1) is 27.7 Å². The van der Waals surface area contributed by atoms with Gasteiger partial charge < -0.3 is 22.0 Å². The van der Waals surface area contributed by atoms with E-state index in [9.17, 15) is 0 Å². The Balaban J connectivity index is -0.000000657. The van der Waals surface area contributed by atoms with Crippen LogP contribution in [0.15, 0.2) is 0 Å². The maximum absolute atomic E-state index is 7.57. The molecule has 126 valence electrons. The molecule has 0 fully saturated rings. The van der Waals surface area contributed by atoms with Crippen LogP contribution < -0.4 is 12.4 Å². The molecule has 2 nitrogen and oxygen atoms in total. The highest BCUT2D eigenvalue weighted by Gasteiger charge is 2.04. The Morgan fingerprint density at radius 1 is 0.650 bits per heavy atom. The lowest BCUT2D eigenvalue weighted by Gasteiger charge is -2.23. The molecule has 0 aliphatic heterocycles. The number of quaternary nitrogens is 1. The minimum atomic E-state index is 0. The normalized spacial score (nSPS) is 10.5. The van der Waals surface area contributed by atoms with E-state index in [0.29, 0.717) is 0 Å². The molecule has 0 amide bonds. The number of aliphatic hydroxyl groups is 1. The standard InChI is InChI=1S/C15H34N.C2H6O.ClH/c1-5-6-7-8-9-10-11-12-13-14-15-16(2,3)4;1-2-3;/h5-15H2,1-4H3;3H,2H2,1H3;1H/q+1;;/p-1. The molecule has 0 radical (unpaired) electrons. The first-order chi connectivity index (χ1) is 8.97. The third-order valence-electron chi connectivity index (χ3n) is 3.18. The number of hydrogen-bond acceptors (Lipinski definition) is 1. The predicted octanol–water partition coefficient (Wildman–Crippen LogP) is 1.62. The van der Waals surface area contributed by atoms with Crippen molar-refractivity contribution in [3.05, 3.63) is 0 Å². The third kappa shape index (κ3) is 30.9. The Hall–Kier alpha value is 0.210. The minimum Gasteiger partial charge on any atom is -1.00 e. The Labute approximate surface area is 135 Å². The molecule has 1 N–H and O–H groups in total. The second kappa shape index (κ2) is 19.2. The van der Waals surface area contributed by atoms with E-state index in [4.69, 9.17) is 5.11 Å². The summed E-state index contributed by atoms with van der Waals surface area (Å²) >= 11 is 0. The minimum absolute atomic E-state index is 0. The van der Waals surface area contributed by atoms with Crippen LogP contribution in [0.2, 0.25) is 0 Å². The van der Waals surface area contributed by atoms with Gasteiger partial charge in [0.25, 0.3) is 0 Å². The van der Waals surface area contributed by atoms with Gasteiger partial charge in [-0.2, -0.15) is 0 Å². The molecule has 0 aromatic heterocycles. The second-order valence-electron chi connectivity index (χ2n) is 6.51. The van der Waals surface area contributed by atoms with E-state index in [-0.39, 0.29) is 19.0 Å². The zero-order chi connectivity index (χ0) is 15.0. The van der Waals surface area contributed by atoms with Crippen molar-refractivity contribution in [3.8, 4) is 0 Å². The lowest BCUT2D eigenvalue weighted by molar-refractivity contribution is -0.870. The van der Waals surface area contributed by atoms with Crippen LogP contribution in [0.4, 0.5) is 0 Å². The van der Waals surface area contributed by atoms with E-state index in [1.165, 1.54) is 70.8 Å². The van der Waals surface area contributed by atoms with Crippen LogP contribution in [-0.2, 0) is 0 Å². The van der Waals surface area contributed by atoms with Crippen LogP contribution in [0, 0.1) is 0 Å². The van der Waals surface area contributed by atoms with Crippen molar-refractivity contribution < 1.29 is 22.0 Å². The first-order valence-electron chi connectivity index (χ1n) is 8.39. The van der Waals surface area contributed by atoms with Crippen molar-refractivity contribution in [1.82, 2.24) is 0 Å². The average molecular weight is 310 g/mol. The number of hydrogen-bond donors (Lipinski definition) is 1. The largest absolute Gasteiger partial charge is 1.00 e. The maximum atomic E-state index is 7.57. The van der Waals surface area contributed by atoms with Gasteiger partial charge in [-0.15, -0.1) is 0 Å². The highest BCUT2D eigenvalue weighted by Crippen LogP contribution is 2.10. The Kier molecular flexibility index (Phi) is 24.2. The topological polar surface area (TPSA) is 20.2 Å². The summed E-state index contributed by atoms with van der Waals surface area (Å²) in [6.45, 7) is 5.55. The van der Waals surface area contributed by atoms with Crippen molar-refractivity contribution in [2.24, 2.45) is 0 Å². The highest BCUT2D eigenvalue weighted by atomic mass is 35.5. The molecule has 0 rings (SSSR count). The number of aliphatic hydroxyl groups excluding tert-OH is 1. The summed E-state index contributed by atoms with van der Waals surface area (Å²) in [5.74, 6) is 0. The molecule has 0 unspecified atom stereocenters. The first kappa shape index (κ1) is 25.2. The van der Waals surface area contributed by atoms with Gasteiger partial charge in [-0.1, -0.05) is 58.3 Å². The average Bonchev–Trinajstić information content (AvgIpc) is 2.31. The van der Waals surface area contributed by atoms with Gasteiger partial charge in [-0.25, -0.2) is 0 Å². The van der Waals surface area contributed by atoms with Gasteiger partial charge in [-0.3, -0.25) is 0 Å². The second-order valence-corrected chi connectivity index (χ2v) is 6.51. The van der Waals surface area contributed by atoms with Gasteiger partial charge in [0, 0.05) is 6.61 Å². The Morgan fingerprint density at radius 2 is 0.950 bits per heavy atom. The fraction of sp³-hybridized carbons (Fsp3) is 1.00. The van der Waals surface area contributed by atoms with Crippen molar-refractivity contribution in [2.75, 3.05) is 34.3 Å². The van der Waals surface area contributed by atoms with Gasteiger partial charge >= 0.3 is 0 Å². The van der Waals surface area contributed by atoms with E-state index < -0.39 is 0 Å². The van der Waals surface area contributed by atoms with Crippen molar-refractivity contribution >= 4 is 0 Å². The van der Waals surface area contributed by atoms with Crippen LogP contribution in [-0.4, -0.2) is 43.9 Å². The van der Waals surface area contributed by atoms with Crippen LogP contribution in [0.5, 0.6) is 0 Å². The molecule has 3 heteroatoms. The fourth-order valence-electron chi connectivity index (χ4n) is 2.07.